The number of nitrogens with one attached hydrogen (secondary N) is 1. The van der Waals surface area contributed by atoms with Gasteiger partial charge in [-0.1, -0.05) is 29.8 Å². The van der Waals surface area contributed by atoms with E-state index in [4.69, 9.17) is 11.6 Å². The lowest BCUT2D eigenvalue weighted by Gasteiger charge is -2.00. The van der Waals surface area contributed by atoms with Crippen molar-refractivity contribution >= 4 is 35.2 Å². The molecule has 1 aliphatic heterocycles. The molecule has 1 aromatic heterocycles. The van der Waals surface area contributed by atoms with Crippen LogP contribution in [0.4, 0.5) is 5.69 Å². The molecule has 0 fully saturated rings. The van der Waals surface area contributed by atoms with Crippen LogP contribution in [0.5, 0.6) is 0 Å². The maximum atomic E-state index is 12.8. The Hall–Kier alpha value is -2.85. The number of aryl methyl sites for hydroxylation is 1. The first-order chi connectivity index (χ1) is 11.6. The highest BCUT2D eigenvalue weighted by Gasteiger charge is 2.15. The predicted octanol–water partition coefficient (Wildman–Crippen LogP) is 4.38. The highest BCUT2D eigenvalue weighted by molar-refractivity contribution is 6.30. The summed E-state index contributed by atoms with van der Waals surface area (Å²) in [6.45, 7) is 1.89. The summed E-state index contributed by atoms with van der Waals surface area (Å²) in [5.74, 6) is 0. The minimum absolute atomic E-state index is 0.0971. The molecule has 0 aliphatic carbocycles. The van der Waals surface area contributed by atoms with Crippen LogP contribution >= 0.6 is 11.6 Å². The quantitative estimate of drug-likeness (QED) is 0.742. The number of allylic oxidation sites excluding steroid dienone is 1. The molecule has 0 saturated carbocycles. The van der Waals surface area contributed by atoms with Crippen molar-refractivity contribution in [1.82, 2.24) is 9.78 Å². The monoisotopic (exact) mass is 335 g/mol. The number of hydrogen-bond donors (Lipinski definition) is 1. The molecule has 0 spiro atoms. The second-order valence-electron chi connectivity index (χ2n) is 5.64. The topological polar surface area (TPSA) is 50.1 Å². The van der Waals surface area contributed by atoms with Gasteiger partial charge in [-0.25, -0.2) is 4.68 Å². The van der Waals surface area contributed by atoms with Crippen molar-refractivity contribution in [2.45, 2.75) is 6.92 Å². The first-order valence-electron chi connectivity index (χ1n) is 7.56. The highest BCUT2D eigenvalue weighted by Crippen LogP contribution is 2.32. The van der Waals surface area contributed by atoms with Gasteiger partial charge < -0.3 is 0 Å². The molecule has 4 nitrogen and oxygen atoms in total. The van der Waals surface area contributed by atoms with Crippen LogP contribution in [0.1, 0.15) is 16.8 Å². The molecular formula is C19H14ClN3O. The minimum atomic E-state index is -0.0971. The van der Waals surface area contributed by atoms with E-state index in [1.165, 1.54) is 4.68 Å². The number of aliphatic imine (C=N–C) groups is 1. The van der Waals surface area contributed by atoms with E-state index in [2.05, 4.69) is 10.1 Å². The van der Waals surface area contributed by atoms with E-state index in [0.29, 0.717) is 10.6 Å². The number of benzene rings is 2. The zero-order chi connectivity index (χ0) is 16.7. The molecule has 4 rings (SSSR count). The van der Waals surface area contributed by atoms with Crippen LogP contribution in [0.2, 0.25) is 5.02 Å². The second kappa shape index (κ2) is 5.65. The summed E-state index contributed by atoms with van der Waals surface area (Å²) in [5.41, 5.74) is 4.99. The average Bonchev–Trinajstić information content (AvgIpc) is 3.12. The Labute approximate surface area is 143 Å². The zero-order valence-electron chi connectivity index (χ0n) is 13.0. The molecule has 5 heteroatoms. The van der Waals surface area contributed by atoms with Gasteiger partial charge in [-0.15, -0.1) is 0 Å². The Kier molecular flexibility index (Phi) is 3.47. The smallest absolute Gasteiger partial charge is 0.278 e. The molecule has 118 valence electrons. The van der Waals surface area contributed by atoms with Crippen LogP contribution in [-0.4, -0.2) is 16.0 Å². The number of aromatic amines is 1. The molecule has 0 radical (unpaired) electrons. The van der Waals surface area contributed by atoms with Crippen molar-refractivity contribution in [3.05, 3.63) is 80.7 Å². The molecule has 0 amide bonds. The van der Waals surface area contributed by atoms with E-state index in [1.54, 1.807) is 18.3 Å². The van der Waals surface area contributed by atoms with Gasteiger partial charge in [0.2, 0.25) is 0 Å². The molecular weight excluding hydrogens is 322 g/mol. The molecule has 0 unspecified atom stereocenters. The van der Waals surface area contributed by atoms with Crippen molar-refractivity contribution in [3.63, 3.8) is 0 Å². The van der Waals surface area contributed by atoms with Gasteiger partial charge in [0.15, 0.2) is 0 Å². The fraction of sp³-hybridized carbons (Fsp3) is 0.0526. The Morgan fingerprint density at radius 3 is 2.67 bits per heavy atom. The van der Waals surface area contributed by atoms with E-state index in [1.807, 2.05) is 49.4 Å². The van der Waals surface area contributed by atoms with Gasteiger partial charge >= 0.3 is 0 Å². The Bertz CT molecular complexity index is 1040. The van der Waals surface area contributed by atoms with Gasteiger partial charge in [-0.3, -0.25) is 14.9 Å². The molecule has 2 aromatic carbocycles. The van der Waals surface area contributed by atoms with E-state index in [-0.39, 0.29) is 5.56 Å². The molecule has 0 atom stereocenters. The highest BCUT2D eigenvalue weighted by atomic mass is 35.5. The molecule has 0 bridgehead atoms. The fourth-order valence-electron chi connectivity index (χ4n) is 2.81. The van der Waals surface area contributed by atoms with Crippen molar-refractivity contribution in [2.24, 2.45) is 4.99 Å². The largest absolute Gasteiger partial charge is 0.295 e. The van der Waals surface area contributed by atoms with Gasteiger partial charge in [-0.05, 0) is 43.3 Å². The third-order valence-corrected chi connectivity index (χ3v) is 4.31. The van der Waals surface area contributed by atoms with E-state index in [0.717, 1.165) is 28.2 Å². The molecule has 24 heavy (non-hydrogen) atoms. The van der Waals surface area contributed by atoms with Crippen molar-refractivity contribution in [2.75, 3.05) is 0 Å². The number of hydrogen-bond acceptors (Lipinski definition) is 2. The summed E-state index contributed by atoms with van der Waals surface area (Å²) in [6, 6.07) is 15.0. The van der Waals surface area contributed by atoms with Gasteiger partial charge in [0.05, 0.1) is 16.9 Å². The third kappa shape index (κ3) is 2.41. The standard InChI is InChI=1S/C19H14ClN3O/c1-12-17(10-13-11-21-18-5-3-2-4-16(13)18)19(24)23(22-12)15-8-6-14(20)7-9-15/h2-11,22H,1H3/b13-10+. The number of halogens is 1. The zero-order valence-corrected chi connectivity index (χ0v) is 13.7. The summed E-state index contributed by atoms with van der Waals surface area (Å²) in [6.07, 6.45) is 3.68. The number of nitrogens with zero attached hydrogens (tertiary/aromatic N) is 2. The van der Waals surface area contributed by atoms with E-state index < -0.39 is 0 Å². The summed E-state index contributed by atoms with van der Waals surface area (Å²) in [4.78, 5) is 17.2. The Morgan fingerprint density at radius 2 is 1.88 bits per heavy atom. The number of H-pyrrole nitrogens is 1. The summed E-state index contributed by atoms with van der Waals surface area (Å²) >= 11 is 5.92. The number of rotatable bonds is 2. The minimum Gasteiger partial charge on any atom is -0.295 e. The van der Waals surface area contributed by atoms with Crippen LogP contribution in [0, 0.1) is 6.92 Å². The van der Waals surface area contributed by atoms with Crippen LogP contribution in [0.25, 0.3) is 17.3 Å². The van der Waals surface area contributed by atoms with Gasteiger partial charge in [-0.2, -0.15) is 0 Å². The van der Waals surface area contributed by atoms with Crippen molar-refractivity contribution < 1.29 is 0 Å². The van der Waals surface area contributed by atoms with Crippen LogP contribution < -0.4 is 5.56 Å². The van der Waals surface area contributed by atoms with Crippen LogP contribution in [0.15, 0.2) is 58.3 Å². The first kappa shape index (κ1) is 14.7. The fourth-order valence-corrected chi connectivity index (χ4v) is 2.94. The van der Waals surface area contributed by atoms with Gasteiger partial charge in [0, 0.05) is 28.1 Å². The lowest BCUT2D eigenvalue weighted by molar-refractivity contribution is 0.835. The molecule has 1 N–H and O–H groups in total. The van der Waals surface area contributed by atoms with Crippen molar-refractivity contribution in [3.8, 4) is 5.69 Å². The lowest BCUT2D eigenvalue weighted by atomic mass is 10.0. The molecule has 2 heterocycles. The molecule has 3 aromatic rings. The predicted molar refractivity (Wildman–Crippen MR) is 98.6 cm³/mol. The maximum absolute atomic E-state index is 12.8. The SMILES string of the molecule is Cc1[nH]n(-c2ccc(Cl)cc2)c(=O)c1/C=C1\C=Nc2ccccc21. The van der Waals surface area contributed by atoms with Gasteiger partial charge in [0.25, 0.3) is 5.56 Å². The Morgan fingerprint density at radius 1 is 1.12 bits per heavy atom. The van der Waals surface area contributed by atoms with Gasteiger partial charge in [0.1, 0.15) is 0 Å². The van der Waals surface area contributed by atoms with E-state index in [9.17, 15) is 4.79 Å². The first-order valence-corrected chi connectivity index (χ1v) is 7.94. The number of aromatic nitrogens is 2. The average molecular weight is 336 g/mol. The maximum Gasteiger partial charge on any atom is 0.278 e. The summed E-state index contributed by atoms with van der Waals surface area (Å²) < 4.78 is 1.52. The number of fused-ring (bicyclic) bond motifs is 1. The number of para-hydroxylation sites is 1. The third-order valence-electron chi connectivity index (χ3n) is 4.06. The molecule has 0 saturated heterocycles. The van der Waals surface area contributed by atoms with E-state index >= 15 is 0 Å². The molecule has 1 aliphatic rings. The second-order valence-corrected chi connectivity index (χ2v) is 6.08. The van der Waals surface area contributed by atoms with Crippen LogP contribution in [-0.2, 0) is 0 Å². The van der Waals surface area contributed by atoms with Crippen LogP contribution in [0.3, 0.4) is 0 Å². The van der Waals surface area contributed by atoms with Crippen molar-refractivity contribution in [1.29, 1.82) is 0 Å². The summed E-state index contributed by atoms with van der Waals surface area (Å²) in [7, 11) is 0. The summed E-state index contributed by atoms with van der Waals surface area (Å²) in [5, 5.41) is 3.75. The lowest BCUT2D eigenvalue weighted by Crippen LogP contribution is -2.15. The normalized spacial score (nSPS) is 14.3. The Balaban J connectivity index is 1.81.